The van der Waals surface area contributed by atoms with Gasteiger partial charge in [-0.15, -0.1) is 0 Å². The lowest BCUT2D eigenvalue weighted by molar-refractivity contribution is -0.0604. The molecule has 0 bridgehead atoms. The zero-order chi connectivity index (χ0) is 10.1. The van der Waals surface area contributed by atoms with Crippen LogP contribution in [0.2, 0.25) is 0 Å². The summed E-state index contributed by atoms with van der Waals surface area (Å²) in [4.78, 5) is 0. The maximum absolute atomic E-state index is 5.90. The molecule has 0 amide bonds. The second-order valence-corrected chi connectivity index (χ2v) is 4.46. The van der Waals surface area contributed by atoms with E-state index in [-0.39, 0.29) is 6.10 Å². The topological polar surface area (TPSA) is 27.1 Å². The molecule has 1 saturated heterocycles. The zero-order valence-corrected chi connectivity index (χ0v) is 9.10. The van der Waals surface area contributed by atoms with Gasteiger partial charge in [0, 0.05) is 18.8 Å². The van der Waals surface area contributed by atoms with Gasteiger partial charge in [-0.25, -0.2) is 0 Å². The molecule has 0 aromatic carbocycles. The highest BCUT2D eigenvalue weighted by Gasteiger charge is 2.26. The van der Waals surface area contributed by atoms with E-state index in [0.717, 1.165) is 12.3 Å². The van der Waals surface area contributed by atoms with Gasteiger partial charge < -0.3 is 4.74 Å². The molecular weight excluding hydrogens is 176 g/mol. The van der Waals surface area contributed by atoms with E-state index in [1.807, 2.05) is 17.9 Å². The lowest BCUT2D eigenvalue weighted by Crippen LogP contribution is -2.24. The first-order valence-electron chi connectivity index (χ1n) is 5.29. The fourth-order valence-corrected chi connectivity index (χ4v) is 2.24. The summed E-state index contributed by atoms with van der Waals surface area (Å²) in [5.41, 5.74) is 1.21. The first kappa shape index (κ1) is 9.71. The van der Waals surface area contributed by atoms with Gasteiger partial charge in [-0.05, 0) is 25.7 Å². The zero-order valence-electron chi connectivity index (χ0n) is 9.10. The Kier molecular flexibility index (Phi) is 2.59. The summed E-state index contributed by atoms with van der Waals surface area (Å²) in [6.45, 7) is 4.45. The van der Waals surface area contributed by atoms with Crippen molar-refractivity contribution >= 4 is 0 Å². The van der Waals surface area contributed by atoms with Crippen LogP contribution in [0.4, 0.5) is 0 Å². The van der Waals surface area contributed by atoms with Crippen LogP contribution in [0.5, 0.6) is 0 Å². The first-order chi connectivity index (χ1) is 6.65. The van der Waals surface area contributed by atoms with Gasteiger partial charge in [0.1, 0.15) is 0 Å². The highest BCUT2D eigenvalue weighted by atomic mass is 16.5. The Morgan fingerprint density at radius 2 is 2.21 bits per heavy atom. The van der Waals surface area contributed by atoms with Gasteiger partial charge in [-0.3, -0.25) is 4.68 Å². The molecule has 0 N–H and O–H groups in total. The van der Waals surface area contributed by atoms with Crippen LogP contribution < -0.4 is 0 Å². The highest BCUT2D eigenvalue weighted by molar-refractivity contribution is 5.09. The molecule has 2 rings (SSSR count). The third-order valence-corrected chi connectivity index (χ3v) is 2.84. The van der Waals surface area contributed by atoms with Gasteiger partial charge in [-0.1, -0.05) is 6.92 Å². The van der Waals surface area contributed by atoms with E-state index >= 15 is 0 Å². The fraction of sp³-hybridized carbons (Fsp3) is 0.727. The van der Waals surface area contributed by atoms with Crippen LogP contribution in [-0.4, -0.2) is 15.9 Å². The molecule has 0 spiro atoms. The third-order valence-electron chi connectivity index (χ3n) is 2.84. The lowest BCUT2D eigenvalue weighted by atomic mass is 9.92. The van der Waals surface area contributed by atoms with Gasteiger partial charge in [0.05, 0.1) is 18.4 Å². The number of hydrogen-bond acceptors (Lipinski definition) is 2. The maximum atomic E-state index is 5.90. The number of nitrogens with zero attached hydrogens (tertiary/aromatic N) is 2. The molecule has 1 aromatic rings. The Bertz CT molecular complexity index is 298. The molecular formula is C11H18N2O. The Balaban J connectivity index is 2.10. The molecule has 14 heavy (non-hydrogen) atoms. The largest absolute Gasteiger partial charge is 0.370 e. The van der Waals surface area contributed by atoms with Crippen molar-refractivity contribution in [2.45, 2.75) is 38.9 Å². The number of hydrogen-bond donors (Lipinski definition) is 0. The van der Waals surface area contributed by atoms with Crippen LogP contribution >= 0.6 is 0 Å². The van der Waals surface area contributed by atoms with Crippen LogP contribution in [-0.2, 0) is 11.8 Å². The highest BCUT2D eigenvalue weighted by Crippen LogP contribution is 2.33. The van der Waals surface area contributed by atoms with Crippen molar-refractivity contribution in [3.63, 3.8) is 0 Å². The predicted octanol–water partition coefficient (Wildman–Crippen LogP) is 2.30. The minimum Gasteiger partial charge on any atom is -0.370 e. The lowest BCUT2D eigenvalue weighted by Gasteiger charge is -2.31. The van der Waals surface area contributed by atoms with Crippen molar-refractivity contribution in [2.24, 2.45) is 13.0 Å². The summed E-state index contributed by atoms with van der Waals surface area (Å²) in [5, 5.41) is 4.18. The molecule has 3 atom stereocenters. The van der Waals surface area contributed by atoms with Crippen molar-refractivity contribution in [1.29, 1.82) is 0 Å². The second-order valence-electron chi connectivity index (χ2n) is 4.46. The van der Waals surface area contributed by atoms with Crippen LogP contribution in [0, 0.1) is 5.92 Å². The molecule has 1 aliphatic rings. The molecule has 3 nitrogen and oxygen atoms in total. The van der Waals surface area contributed by atoms with Crippen molar-refractivity contribution in [2.75, 3.05) is 0 Å². The Hall–Kier alpha value is -0.830. The third kappa shape index (κ3) is 1.98. The Morgan fingerprint density at radius 1 is 1.43 bits per heavy atom. The van der Waals surface area contributed by atoms with E-state index < -0.39 is 0 Å². The van der Waals surface area contributed by atoms with E-state index in [9.17, 15) is 0 Å². The molecule has 0 saturated carbocycles. The van der Waals surface area contributed by atoms with E-state index in [1.54, 1.807) is 0 Å². The average molecular weight is 194 g/mol. The number of rotatable bonds is 1. The SMILES string of the molecule is C[C@H]1C[C@@H](C)O[C@@H](c2cnn(C)c2)C1. The molecule has 3 heteroatoms. The summed E-state index contributed by atoms with van der Waals surface area (Å²) < 4.78 is 7.74. The normalized spacial score (nSPS) is 33.2. The number of aromatic nitrogens is 2. The smallest absolute Gasteiger partial charge is 0.0861 e. The molecule has 1 aromatic heterocycles. The molecule has 0 unspecified atom stereocenters. The van der Waals surface area contributed by atoms with Crippen molar-refractivity contribution in [1.82, 2.24) is 9.78 Å². The van der Waals surface area contributed by atoms with Gasteiger partial charge >= 0.3 is 0 Å². The van der Waals surface area contributed by atoms with E-state index in [1.165, 1.54) is 12.0 Å². The number of ether oxygens (including phenoxy) is 1. The number of aryl methyl sites for hydroxylation is 1. The molecule has 2 heterocycles. The fourth-order valence-electron chi connectivity index (χ4n) is 2.24. The quantitative estimate of drug-likeness (QED) is 0.686. The van der Waals surface area contributed by atoms with Crippen molar-refractivity contribution < 1.29 is 4.74 Å². The predicted molar refractivity (Wildman–Crippen MR) is 54.9 cm³/mol. The summed E-state index contributed by atoms with van der Waals surface area (Å²) >= 11 is 0. The summed E-state index contributed by atoms with van der Waals surface area (Å²) in [7, 11) is 1.94. The minimum absolute atomic E-state index is 0.252. The second kappa shape index (κ2) is 3.73. The van der Waals surface area contributed by atoms with Crippen LogP contribution in [0.25, 0.3) is 0 Å². The van der Waals surface area contributed by atoms with Crippen LogP contribution in [0.1, 0.15) is 38.4 Å². The van der Waals surface area contributed by atoms with Crippen LogP contribution in [0.15, 0.2) is 12.4 Å². The van der Waals surface area contributed by atoms with Crippen molar-refractivity contribution in [3.05, 3.63) is 18.0 Å². The van der Waals surface area contributed by atoms with Crippen LogP contribution in [0.3, 0.4) is 0 Å². The minimum atomic E-state index is 0.252. The van der Waals surface area contributed by atoms with Gasteiger partial charge in [0.2, 0.25) is 0 Å². The summed E-state index contributed by atoms with van der Waals surface area (Å²) in [5.74, 6) is 0.754. The van der Waals surface area contributed by atoms with Gasteiger partial charge in [0.25, 0.3) is 0 Å². The molecule has 0 aliphatic carbocycles. The molecule has 1 aliphatic heterocycles. The van der Waals surface area contributed by atoms with Gasteiger partial charge in [-0.2, -0.15) is 5.10 Å². The van der Waals surface area contributed by atoms with E-state index in [2.05, 4.69) is 25.1 Å². The van der Waals surface area contributed by atoms with E-state index in [4.69, 9.17) is 4.74 Å². The summed E-state index contributed by atoms with van der Waals surface area (Å²) in [6.07, 6.45) is 6.89. The average Bonchev–Trinajstić information content (AvgIpc) is 2.50. The van der Waals surface area contributed by atoms with Crippen molar-refractivity contribution in [3.8, 4) is 0 Å². The van der Waals surface area contributed by atoms with Gasteiger partial charge in [0.15, 0.2) is 0 Å². The van der Waals surface area contributed by atoms with E-state index in [0.29, 0.717) is 6.10 Å². The molecule has 0 radical (unpaired) electrons. The molecule has 1 fully saturated rings. The maximum Gasteiger partial charge on any atom is 0.0861 e. The Morgan fingerprint density at radius 3 is 2.79 bits per heavy atom. The summed E-state index contributed by atoms with van der Waals surface area (Å²) in [6, 6.07) is 0. The molecule has 78 valence electrons. The monoisotopic (exact) mass is 194 g/mol. The Labute approximate surface area is 85.1 Å². The standard InChI is InChI=1S/C11H18N2O/c1-8-4-9(2)14-11(5-8)10-6-12-13(3)7-10/h6-9,11H,4-5H2,1-3H3/t8-,9+,11+/m0/s1. The first-order valence-corrected chi connectivity index (χ1v) is 5.29.